The highest BCUT2D eigenvalue weighted by atomic mass is 19.2. The van der Waals surface area contributed by atoms with Crippen LogP contribution in [0, 0.1) is 11.6 Å². The number of aromatic carboxylic acids is 1. The van der Waals surface area contributed by atoms with Gasteiger partial charge >= 0.3 is 0 Å². The number of carbonyl (C=O) groups excluding carboxylic acids is 1. The number of benzene rings is 2. The van der Waals surface area contributed by atoms with E-state index in [1.807, 2.05) is 0 Å². The number of rotatable bonds is 15. The fourth-order valence-electron chi connectivity index (χ4n) is 3.47. The second-order valence-corrected chi connectivity index (χ2v) is 7.91. The van der Waals surface area contributed by atoms with Crippen LogP contribution in [0.3, 0.4) is 0 Å². The zero-order valence-electron chi connectivity index (χ0n) is 19.1. The van der Waals surface area contributed by atoms with Gasteiger partial charge in [-0.25, -0.2) is 4.39 Å². The molecule has 0 aromatic heterocycles. The van der Waals surface area contributed by atoms with Crippen LogP contribution in [0.4, 0.5) is 8.78 Å². The Morgan fingerprint density at radius 3 is 2.06 bits per heavy atom. The van der Waals surface area contributed by atoms with Crippen LogP contribution in [0.25, 0.3) is 11.1 Å². The quantitative estimate of drug-likeness (QED) is 0.301. The second-order valence-electron chi connectivity index (χ2n) is 7.91. The Bertz CT molecular complexity index is 867. The molecule has 2 aromatic carbocycles. The standard InChI is InChI=1S/C26H34F2O4/c1-3-5-7-9-11-17-32-23-15-14-20(24(27)25(23)28)22-18-19(12-13-21(22)26(29)30)31-16-10-8-6-4-2/h12-15,18H,3-11,16-17H2,1-2H3,(H,29,30)/p-1. The van der Waals surface area contributed by atoms with Gasteiger partial charge in [-0.3, -0.25) is 0 Å². The number of hydrogen-bond donors (Lipinski definition) is 0. The number of unbranched alkanes of at least 4 members (excludes halogenated alkanes) is 7. The summed E-state index contributed by atoms with van der Waals surface area (Å²) in [6.07, 6.45) is 9.17. The second kappa shape index (κ2) is 13.7. The third-order valence-corrected chi connectivity index (χ3v) is 5.32. The third kappa shape index (κ3) is 7.50. The lowest BCUT2D eigenvalue weighted by atomic mass is 9.98. The molecule has 0 N–H and O–H groups in total. The maximum Gasteiger partial charge on any atom is 0.201 e. The van der Waals surface area contributed by atoms with Crippen LogP contribution in [0.1, 0.15) is 82.0 Å². The molecule has 32 heavy (non-hydrogen) atoms. The minimum absolute atomic E-state index is 0.0126. The van der Waals surface area contributed by atoms with Gasteiger partial charge in [0.05, 0.1) is 19.2 Å². The van der Waals surface area contributed by atoms with Crippen LogP contribution in [-0.4, -0.2) is 19.2 Å². The molecule has 2 aromatic rings. The monoisotopic (exact) mass is 447 g/mol. The third-order valence-electron chi connectivity index (χ3n) is 5.32. The highest BCUT2D eigenvalue weighted by Gasteiger charge is 2.19. The lowest BCUT2D eigenvalue weighted by molar-refractivity contribution is -0.254. The van der Waals surface area contributed by atoms with Crippen LogP contribution in [-0.2, 0) is 0 Å². The van der Waals surface area contributed by atoms with Gasteiger partial charge in [-0.15, -0.1) is 0 Å². The van der Waals surface area contributed by atoms with Gasteiger partial charge in [-0.05, 0) is 48.7 Å². The number of carbonyl (C=O) groups is 1. The molecule has 0 radical (unpaired) electrons. The molecule has 4 nitrogen and oxygen atoms in total. The molecule has 0 aliphatic carbocycles. The maximum absolute atomic E-state index is 14.9. The Hall–Kier alpha value is -2.63. The Kier molecular flexibility index (Phi) is 11.0. The van der Waals surface area contributed by atoms with Crippen molar-refractivity contribution in [3.63, 3.8) is 0 Å². The Morgan fingerprint density at radius 1 is 0.781 bits per heavy atom. The van der Waals surface area contributed by atoms with E-state index >= 15 is 0 Å². The van der Waals surface area contributed by atoms with Crippen molar-refractivity contribution in [2.45, 2.75) is 71.6 Å². The van der Waals surface area contributed by atoms with Gasteiger partial charge in [0, 0.05) is 11.1 Å². The molecule has 0 saturated carbocycles. The van der Waals surface area contributed by atoms with Gasteiger partial charge < -0.3 is 19.4 Å². The van der Waals surface area contributed by atoms with Crippen LogP contribution in [0.5, 0.6) is 11.5 Å². The normalized spacial score (nSPS) is 10.9. The highest BCUT2D eigenvalue weighted by molar-refractivity contribution is 5.95. The number of halogens is 2. The molecule has 2 rings (SSSR count). The molecular weight excluding hydrogens is 414 g/mol. The van der Waals surface area contributed by atoms with E-state index in [4.69, 9.17) is 9.47 Å². The molecule has 0 heterocycles. The maximum atomic E-state index is 14.9. The Labute approximate surface area is 189 Å². The minimum Gasteiger partial charge on any atom is -0.545 e. The van der Waals surface area contributed by atoms with Crippen molar-refractivity contribution in [2.24, 2.45) is 0 Å². The van der Waals surface area contributed by atoms with Crippen LogP contribution in [0.2, 0.25) is 0 Å². The van der Waals surface area contributed by atoms with Crippen molar-refractivity contribution in [1.82, 2.24) is 0 Å². The number of hydrogen-bond acceptors (Lipinski definition) is 4. The predicted octanol–water partition coefficient (Wildman–Crippen LogP) is 6.30. The van der Waals surface area contributed by atoms with Gasteiger partial charge in [0.15, 0.2) is 11.6 Å². The zero-order valence-corrected chi connectivity index (χ0v) is 19.1. The molecule has 176 valence electrons. The molecule has 0 atom stereocenters. The van der Waals surface area contributed by atoms with Gasteiger partial charge in [0.2, 0.25) is 5.82 Å². The highest BCUT2D eigenvalue weighted by Crippen LogP contribution is 2.34. The summed E-state index contributed by atoms with van der Waals surface area (Å²) in [7, 11) is 0. The predicted molar refractivity (Wildman–Crippen MR) is 120 cm³/mol. The Balaban J connectivity index is 2.16. The molecule has 0 aliphatic heterocycles. The van der Waals surface area contributed by atoms with Gasteiger partial charge in [-0.1, -0.05) is 58.8 Å². The number of carboxylic acid groups (broad SMARTS) is 1. The summed E-state index contributed by atoms with van der Waals surface area (Å²) in [6.45, 7) is 5.00. The van der Waals surface area contributed by atoms with E-state index < -0.39 is 17.6 Å². The summed E-state index contributed by atoms with van der Waals surface area (Å²) in [5.41, 5.74) is -0.391. The first-order valence-corrected chi connectivity index (χ1v) is 11.6. The fourth-order valence-corrected chi connectivity index (χ4v) is 3.47. The van der Waals surface area contributed by atoms with Crippen LogP contribution in [0.15, 0.2) is 30.3 Å². The van der Waals surface area contributed by atoms with Gasteiger partial charge in [0.25, 0.3) is 0 Å². The van der Waals surface area contributed by atoms with E-state index in [9.17, 15) is 18.7 Å². The summed E-state index contributed by atoms with van der Waals surface area (Å²) in [4.78, 5) is 11.6. The van der Waals surface area contributed by atoms with Crippen molar-refractivity contribution in [2.75, 3.05) is 13.2 Å². The smallest absolute Gasteiger partial charge is 0.201 e. The summed E-state index contributed by atoms with van der Waals surface area (Å²) < 4.78 is 40.6. The topological polar surface area (TPSA) is 58.6 Å². The van der Waals surface area contributed by atoms with E-state index in [-0.39, 0.29) is 22.4 Å². The van der Waals surface area contributed by atoms with Crippen molar-refractivity contribution in [3.05, 3.63) is 47.5 Å². The minimum atomic E-state index is -1.47. The fraction of sp³-hybridized carbons (Fsp3) is 0.500. The van der Waals surface area contributed by atoms with E-state index in [1.165, 1.54) is 30.3 Å². The molecule has 0 amide bonds. The molecule has 0 spiro atoms. The molecule has 0 bridgehead atoms. The first kappa shape index (κ1) is 25.6. The lowest BCUT2D eigenvalue weighted by Crippen LogP contribution is -2.23. The molecule has 0 unspecified atom stereocenters. The SMILES string of the molecule is CCCCCCCOc1ccc(-c2cc(OCCCCCC)ccc2C(=O)[O-])c(F)c1F. The summed E-state index contributed by atoms with van der Waals surface area (Å²) >= 11 is 0. The van der Waals surface area contributed by atoms with Crippen molar-refractivity contribution in [3.8, 4) is 22.6 Å². The van der Waals surface area contributed by atoms with Crippen LogP contribution < -0.4 is 14.6 Å². The first-order valence-electron chi connectivity index (χ1n) is 11.6. The average Bonchev–Trinajstić information content (AvgIpc) is 2.78. The van der Waals surface area contributed by atoms with Crippen molar-refractivity contribution < 1.29 is 28.2 Å². The molecule has 6 heteroatoms. The van der Waals surface area contributed by atoms with Crippen molar-refractivity contribution >= 4 is 5.97 Å². The number of carboxylic acids is 1. The van der Waals surface area contributed by atoms with Crippen molar-refractivity contribution in [1.29, 1.82) is 0 Å². The van der Waals surface area contributed by atoms with Crippen LogP contribution >= 0.6 is 0 Å². The zero-order chi connectivity index (χ0) is 23.3. The molecule has 0 aliphatic rings. The van der Waals surface area contributed by atoms with E-state index in [1.54, 1.807) is 0 Å². The average molecular weight is 448 g/mol. The van der Waals surface area contributed by atoms with E-state index in [0.29, 0.717) is 19.0 Å². The largest absolute Gasteiger partial charge is 0.545 e. The number of ether oxygens (including phenoxy) is 2. The molecule has 0 fully saturated rings. The first-order chi connectivity index (χ1) is 15.5. The molecular formula is C26H33F2O4-. The summed E-state index contributed by atoms with van der Waals surface area (Å²) in [6, 6.07) is 6.87. The van der Waals surface area contributed by atoms with Gasteiger partial charge in [0.1, 0.15) is 5.75 Å². The lowest BCUT2D eigenvalue weighted by Gasteiger charge is -2.16. The molecule has 0 saturated heterocycles. The van der Waals surface area contributed by atoms with E-state index in [2.05, 4.69) is 13.8 Å². The van der Waals surface area contributed by atoms with Gasteiger partial charge in [-0.2, -0.15) is 4.39 Å². The van der Waals surface area contributed by atoms with E-state index in [0.717, 1.165) is 57.8 Å². The summed E-state index contributed by atoms with van der Waals surface area (Å²) in [5, 5.41) is 11.6. The summed E-state index contributed by atoms with van der Waals surface area (Å²) in [5.74, 6) is -3.54. The Morgan fingerprint density at radius 2 is 1.41 bits per heavy atom.